The smallest absolute Gasteiger partial charge is 0.0997 e. The zero-order chi connectivity index (χ0) is 9.26. The Hall–Kier alpha value is -1.77. The second kappa shape index (κ2) is 2.94. The number of nitrogen functional groups attached to an aromatic ring is 1. The van der Waals surface area contributed by atoms with Crippen LogP contribution in [0.1, 0.15) is 5.56 Å². The van der Waals surface area contributed by atoms with E-state index >= 15 is 0 Å². The van der Waals surface area contributed by atoms with Gasteiger partial charge in [-0.2, -0.15) is 0 Å². The largest absolute Gasteiger partial charge is 0.472 e. The van der Waals surface area contributed by atoms with Crippen molar-refractivity contribution in [3.8, 4) is 11.3 Å². The molecule has 0 saturated carbocycles. The highest BCUT2D eigenvalue weighted by molar-refractivity contribution is 5.73. The third-order valence-electron chi connectivity index (χ3n) is 2.00. The Morgan fingerprint density at radius 2 is 2.23 bits per heavy atom. The van der Waals surface area contributed by atoms with Gasteiger partial charge in [-0.05, 0) is 24.6 Å². The molecule has 0 aliphatic rings. The molecular weight excluding hydrogens is 164 g/mol. The lowest BCUT2D eigenvalue weighted by Crippen LogP contribution is -1.95. The van der Waals surface area contributed by atoms with Crippen LogP contribution in [-0.2, 0) is 0 Å². The maximum absolute atomic E-state index is 5.87. The molecule has 2 aromatic rings. The van der Waals surface area contributed by atoms with Gasteiger partial charge in [0.05, 0.1) is 23.9 Å². The van der Waals surface area contributed by atoms with Crippen LogP contribution in [0.4, 0.5) is 5.69 Å². The van der Waals surface area contributed by atoms with Crippen LogP contribution in [0.5, 0.6) is 0 Å². The summed E-state index contributed by atoms with van der Waals surface area (Å²) in [5, 5.41) is 0. The average Bonchev–Trinajstić information content (AvgIpc) is 2.62. The first-order valence-electron chi connectivity index (χ1n) is 4.02. The quantitative estimate of drug-likeness (QED) is 0.721. The van der Waals surface area contributed by atoms with Crippen LogP contribution in [0.25, 0.3) is 11.3 Å². The number of aromatic nitrogens is 1. The van der Waals surface area contributed by atoms with Gasteiger partial charge < -0.3 is 10.2 Å². The maximum atomic E-state index is 5.87. The van der Waals surface area contributed by atoms with E-state index in [1.807, 2.05) is 19.1 Å². The van der Waals surface area contributed by atoms with E-state index in [2.05, 4.69) is 4.98 Å². The van der Waals surface area contributed by atoms with Gasteiger partial charge in [-0.3, -0.25) is 4.98 Å². The lowest BCUT2D eigenvalue weighted by atomic mass is 10.1. The number of anilines is 1. The fraction of sp³-hybridized carbons (Fsp3) is 0.100. The molecule has 0 aliphatic carbocycles. The van der Waals surface area contributed by atoms with Crippen LogP contribution in [0, 0.1) is 6.92 Å². The van der Waals surface area contributed by atoms with E-state index < -0.39 is 0 Å². The van der Waals surface area contributed by atoms with Gasteiger partial charge in [0.1, 0.15) is 0 Å². The van der Waals surface area contributed by atoms with Gasteiger partial charge in [-0.25, -0.2) is 0 Å². The molecule has 0 unspecified atom stereocenters. The lowest BCUT2D eigenvalue weighted by molar-refractivity contribution is 0.568. The Kier molecular flexibility index (Phi) is 1.77. The maximum Gasteiger partial charge on any atom is 0.0997 e. The van der Waals surface area contributed by atoms with Gasteiger partial charge >= 0.3 is 0 Å². The van der Waals surface area contributed by atoms with E-state index in [1.54, 1.807) is 18.7 Å². The van der Waals surface area contributed by atoms with E-state index in [4.69, 9.17) is 10.2 Å². The third kappa shape index (κ3) is 1.28. The summed E-state index contributed by atoms with van der Waals surface area (Å²) in [6.07, 6.45) is 4.99. The summed E-state index contributed by atoms with van der Waals surface area (Å²) in [6.45, 7) is 1.96. The number of nitrogens with two attached hydrogens (primary N) is 1. The molecule has 0 amide bonds. The standard InChI is InChI=1S/C10H10N2O/c1-7-2-4-12-10(9(7)11)8-3-5-13-6-8/h2-6H,11H2,1H3. The first-order chi connectivity index (χ1) is 6.29. The minimum absolute atomic E-state index is 0.712. The van der Waals surface area contributed by atoms with E-state index in [-0.39, 0.29) is 0 Å². The second-order valence-electron chi connectivity index (χ2n) is 2.90. The molecule has 0 atom stereocenters. The molecule has 3 heteroatoms. The number of aryl methyl sites for hydroxylation is 1. The number of pyridine rings is 1. The molecule has 0 spiro atoms. The number of hydrogen-bond acceptors (Lipinski definition) is 3. The summed E-state index contributed by atoms with van der Waals surface area (Å²) in [6, 6.07) is 3.73. The topological polar surface area (TPSA) is 52.0 Å². The van der Waals surface area contributed by atoms with Gasteiger partial charge in [-0.15, -0.1) is 0 Å². The second-order valence-corrected chi connectivity index (χ2v) is 2.90. The highest BCUT2D eigenvalue weighted by Crippen LogP contribution is 2.25. The summed E-state index contributed by atoms with van der Waals surface area (Å²) in [4.78, 5) is 4.20. The molecule has 2 aromatic heterocycles. The first-order valence-corrected chi connectivity index (χ1v) is 4.02. The van der Waals surface area contributed by atoms with Gasteiger partial charge in [0, 0.05) is 11.8 Å². The van der Waals surface area contributed by atoms with Crippen molar-refractivity contribution < 1.29 is 4.42 Å². The minimum atomic E-state index is 0.712. The summed E-state index contributed by atoms with van der Waals surface area (Å²) in [7, 11) is 0. The molecule has 0 radical (unpaired) electrons. The average molecular weight is 174 g/mol. The molecule has 0 aromatic carbocycles. The fourth-order valence-corrected chi connectivity index (χ4v) is 1.20. The molecule has 0 fully saturated rings. The van der Waals surface area contributed by atoms with Crippen LogP contribution in [0.15, 0.2) is 35.3 Å². The Balaban J connectivity index is 2.59. The molecule has 2 N–H and O–H groups in total. The number of nitrogens with zero attached hydrogens (tertiary/aromatic N) is 1. The van der Waals surface area contributed by atoms with Crippen molar-refractivity contribution in [3.05, 3.63) is 36.4 Å². The van der Waals surface area contributed by atoms with Gasteiger partial charge in [0.15, 0.2) is 0 Å². The summed E-state index contributed by atoms with van der Waals surface area (Å²) in [5.41, 5.74) is 9.32. The highest BCUT2D eigenvalue weighted by Gasteiger charge is 2.06. The molecule has 0 saturated heterocycles. The Morgan fingerprint density at radius 3 is 2.92 bits per heavy atom. The molecule has 3 nitrogen and oxygen atoms in total. The van der Waals surface area contributed by atoms with Crippen molar-refractivity contribution in [1.29, 1.82) is 0 Å². The van der Waals surface area contributed by atoms with Gasteiger partial charge in [-0.1, -0.05) is 0 Å². The van der Waals surface area contributed by atoms with Crippen molar-refractivity contribution in [3.63, 3.8) is 0 Å². The van der Waals surface area contributed by atoms with Crippen molar-refractivity contribution >= 4 is 5.69 Å². The minimum Gasteiger partial charge on any atom is -0.472 e. The number of rotatable bonds is 1. The third-order valence-corrected chi connectivity index (χ3v) is 2.00. The lowest BCUT2D eigenvalue weighted by Gasteiger charge is -2.03. The summed E-state index contributed by atoms with van der Waals surface area (Å²) >= 11 is 0. The molecule has 13 heavy (non-hydrogen) atoms. The molecule has 0 bridgehead atoms. The van der Waals surface area contributed by atoms with E-state index in [1.165, 1.54) is 0 Å². The Labute approximate surface area is 76.2 Å². The Bertz CT molecular complexity index is 407. The van der Waals surface area contributed by atoms with Crippen LogP contribution < -0.4 is 5.73 Å². The van der Waals surface area contributed by atoms with Crippen LogP contribution in [0.3, 0.4) is 0 Å². The first kappa shape index (κ1) is 7.86. The van der Waals surface area contributed by atoms with E-state index in [0.29, 0.717) is 5.69 Å². The Morgan fingerprint density at radius 1 is 1.38 bits per heavy atom. The van der Waals surface area contributed by atoms with E-state index in [0.717, 1.165) is 16.8 Å². The van der Waals surface area contributed by atoms with Crippen molar-refractivity contribution in [2.75, 3.05) is 5.73 Å². The molecule has 0 aliphatic heterocycles. The van der Waals surface area contributed by atoms with E-state index in [9.17, 15) is 0 Å². The van der Waals surface area contributed by atoms with Crippen molar-refractivity contribution in [1.82, 2.24) is 4.98 Å². The highest BCUT2D eigenvalue weighted by atomic mass is 16.3. The molecule has 66 valence electrons. The van der Waals surface area contributed by atoms with Crippen molar-refractivity contribution in [2.45, 2.75) is 6.92 Å². The molecule has 2 heterocycles. The predicted octanol–water partition coefficient (Wildman–Crippen LogP) is 2.23. The zero-order valence-corrected chi connectivity index (χ0v) is 7.32. The predicted molar refractivity (Wildman–Crippen MR) is 51.1 cm³/mol. The summed E-state index contributed by atoms with van der Waals surface area (Å²) < 4.78 is 4.97. The summed E-state index contributed by atoms with van der Waals surface area (Å²) in [5.74, 6) is 0. The van der Waals surface area contributed by atoms with Gasteiger partial charge in [0.25, 0.3) is 0 Å². The molecule has 2 rings (SSSR count). The van der Waals surface area contributed by atoms with Crippen LogP contribution in [-0.4, -0.2) is 4.98 Å². The van der Waals surface area contributed by atoms with Crippen molar-refractivity contribution in [2.24, 2.45) is 0 Å². The number of hydrogen-bond donors (Lipinski definition) is 1. The van der Waals surface area contributed by atoms with Gasteiger partial charge in [0.2, 0.25) is 0 Å². The van der Waals surface area contributed by atoms with Crippen LogP contribution >= 0.6 is 0 Å². The normalized spacial score (nSPS) is 10.2. The number of furan rings is 1. The van der Waals surface area contributed by atoms with Crippen LogP contribution in [0.2, 0.25) is 0 Å². The SMILES string of the molecule is Cc1ccnc(-c2ccoc2)c1N. The monoisotopic (exact) mass is 174 g/mol. The molecular formula is C10H10N2O. The zero-order valence-electron chi connectivity index (χ0n) is 7.32. The fourth-order valence-electron chi connectivity index (χ4n) is 1.20.